The van der Waals surface area contributed by atoms with Gasteiger partial charge in [-0.15, -0.1) is 16.4 Å². The first-order valence-corrected chi connectivity index (χ1v) is 11.9. The van der Waals surface area contributed by atoms with Crippen molar-refractivity contribution in [1.29, 1.82) is 0 Å². The van der Waals surface area contributed by atoms with E-state index in [4.69, 9.17) is 9.57 Å². The minimum absolute atomic E-state index is 0.189. The van der Waals surface area contributed by atoms with Crippen LogP contribution in [-0.2, 0) is 27.8 Å². The molecule has 1 aliphatic rings. The molecule has 2 aromatic heterocycles. The number of benzene rings is 1. The van der Waals surface area contributed by atoms with E-state index < -0.39 is 10.0 Å². The van der Waals surface area contributed by atoms with Crippen LogP contribution >= 0.6 is 11.3 Å². The molecule has 156 valence electrons. The van der Waals surface area contributed by atoms with Crippen LogP contribution < -0.4 is 4.84 Å². The second-order valence-corrected chi connectivity index (χ2v) is 9.62. The molecular weight excluding hydrogens is 414 g/mol. The highest BCUT2D eigenvalue weighted by molar-refractivity contribution is 7.89. The third kappa shape index (κ3) is 4.42. The number of nitrogens with zero attached hydrogens (tertiary/aromatic N) is 5. The fraction of sp³-hybridized carbons (Fsp3) is 0.500. The molecule has 1 fully saturated rings. The van der Waals surface area contributed by atoms with Crippen molar-refractivity contribution in [2.24, 2.45) is 0 Å². The summed E-state index contributed by atoms with van der Waals surface area (Å²) in [7, 11) is -3.60. The second-order valence-electron chi connectivity index (χ2n) is 6.74. The standard InChI is InChI=1S/C18H23N5O4S2/c1-2-3-4-18-19-14(13-28-18)12-27-23-17-11-15(5-6-16(17)20-21-23)29(24,25)22-7-9-26-10-8-22/h5-6,11,13H,2-4,7-10,12H2,1H3. The van der Waals surface area contributed by atoms with Crippen LogP contribution in [0.1, 0.15) is 30.5 Å². The summed E-state index contributed by atoms with van der Waals surface area (Å²) in [5.41, 5.74) is 1.88. The zero-order valence-corrected chi connectivity index (χ0v) is 17.8. The lowest BCUT2D eigenvalue weighted by atomic mass is 10.3. The summed E-state index contributed by atoms with van der Waals surface area (Å²) in [5, 5.41) is 11.1. The van der Waals surface area contributed by atoms with E-state index in [2.05, 4.69) is 22.2 Å². The van der Waals surface area contributed by atoms with Crippen molar-refractivity contribution >= 4 is 32.4 Å². The maximum Gasteiger partial charge on any atom is 0.243 e. The SMILES string of the molecule is CCCCc1nc(COn2nnc3ccc(S(=O)(=O)N4CCOCC4)cc32)cs1. The lowest BCUT2D eigenvalue weighted by Gasteiger charge is -2.26. The van der Waals surface area contributed by atoms with E-state index in [1.165, 1.54) is 9.15 Å². The van der Waals surface area contributed by atoms with E-state index in [0.717, 1.165) is 30.0 Å². The van der Waals surface area contributed by atoms with Crippen LogP contribution in [0.3, 0.4) is 0 Å². The van der Waals surface area contributed by atoms with E-state index in [1.807, 2.05) is 5.38 Å². The smallest absolute Gasteiger partial charge is 0.243 e. The minimum Gasteiger partial charge on any atom is -0.388 e. The molecule has 0 aliphatic carbocycles. The number of hydrogen-bond donors (Lipinski definition) is 0. The lowest BCUT2D eigenvalue weighted by molar-refractivity contribution is 0.0726. The summed E-state index contributed by atoms with van der Waals surface area (Å²) in [6.07, 6.45) is 3.21. The zero-order valence-electron chi connectivity index (χ0n) is 16.2. The van der Waals surface area contributed by atoms with Gasteiger partial charge >= 0.3 is 0 Å². The van der Waals surface area contributed by atoms with Crippen molar-refractivity contribution in [3.8, 4) is 0 Å². The van der Waals surface area contributed by atoms with Crippen LogP contribution in [0.5, 0.6) is 0 Å². The molecule has 0 N–H and O–H groups in total. The Balaban J connectivity index is 1.52. The molecule has 1 aliphatic heterocycles. The van der Waals surface area contributed by atoms with Crippen LogP contribution in [0.4, 0.5) is 0 Å². The molecule has 0 spiro atoms. The number of fused-ring (bicyclic) bond motifs is 1. The number of unbranched alkanes of at least 4 members (excludes halogenated alkanes) is 1. The van der Waals surface area contributed by atoms with E-state index >= 15 is 0 Å². The predicted molar refractivity (Wildman–Crippen MR) is 108 cm³/mol. The minimum atomic E-state index is -3.60. The number of aromatic nitrogens is 4. The number of ether oxygens (including phenoxy) is 1. The normalized spacial score (nSPS) is 15.8. The van der Waals surface area contributed by atoms with Gasteiger partial charge in [0.1, 0.15) is 11.0 Å². The van der Waals surface area contributed by atoms with Gasteiger partial charge in [0.15, 0.2) is 6.61 Å². The molecule has 0 radical (unpaired) electrons. The van der Waals surface area contributed by atoms with Gasteiger partial charge in [-0.1, -0.05) is 18.2 Å². The summed E-state index contributed by atoms with van der Waals surface area (Å²) in [6.45, 7) is 3.88. The Hall–Kier alpha value is -2.08. The number of thiazole rings is 1. The molecule has 0 unspecified atom stereocenters. The van der Waals surface area contributed by atoms with Gasteiger partial charge < -0.3 is 9.57 Å². The van der Waals surface area contributed by atoms with E-state index in [0.29, 0.717) is 37.3 Å². The largest absolute Gasteiger partial charge is 0.388 e. The molecule has 0 atom stereocenters. The Morgan fingerprint density at radius 1 is 1.28 bits per heavy atom. The van der Waals surface area contributed by atoms with Crippen LogP contribution in [0.25, 0.3) is 11.0 Å². The average Bonchev–Trinajstić information content (AvgIpc) is 3.37. The van der Waals surface area contributed by atoms with Crippen LogP contribution in [0.15, 0.2) is 28.5 Å². The highest BCUT2D eigenvalue weighted by Crippen LogP contribution is 2.21. The van der Waals surface area contributed by atoms with Crippen molar-refractivity contribution < 1.29 is 18.0 Å². The average molecular weight is 438 g/mol. The van der Waals surface area contributed by atoms with Gasteiger partial charge in [-0.25, -0.2) is 13.4 Å². The topological polar surface area (TPSA) is 99.4 Å². The molecule has 9 nitrogen and oxygen atoms in total. The van der Waals surface area contributed by atoms with Crippen LogP contribution in [0, 0.1) is 0 Å². The first-order chi connectivity index (χ1) is 14.1. The van der Waals surface area contributed by atoms with Crippen molar-refractivity contribution in [2.45, 2.75) is 37.7 Å². The van der Waals surface area contributed by atoms with E-state index in [-0.39, 0.29) is 11.5 Å². The zero-order chi connectivity index (χ0) is 20.3. The third-order valence-corrected chi connectivity index (χ3v) is 7.52. The fourth-order valence-corrected chi connectivity index (χ4v) is 5.31. The third-order valence-electron chi connectivity index (χ3n) is 4.67. The maximum absolute atomic E-state index is 12.9. The highest BCUT2D eigenvalue weighted by Gasteiger charge is 2.27. The summed E-state index contributed by atoms with van der Waals surface area (Å²) in [5.74, 6) is 0. The van der Waals surface area contributed by atoms with Gasteiger partial charge in [0, 0.05) is 18.5 Å². The van der Waals surface area contributed by atoms with Crippen molar-refractivity contribution in [3.63, 3.8) is 0 Å². The molecule has 0 amide bonds. The number of morpholine rings is 1. The summed E-state index contributed by atoms with van der Waals surface area (Å²) in [4.78, 5) is 11.7. The molecule has 3 heterocycles. The molecule has 1 saturated heterocycles. The van der Waals surface area contributed by atoms with Crippen molar-refractivity contribution in [1.82, 2.24) is 24.4 Å². The highest BCUT2D eigenvalue weighted by atomic mass is 32.2. The molecular formula is C18H23N5O4S2. The van der Waals surface area contributed by atoms with Crippen molar-refractivity contribution in [2.75, 3.05) is 26.3 Å². The number of aryl methyl sites for hydroxylation is 1. The Morgan fingerprint density at radius 2 is 2.10 bits per heavy atom. The Labute approximate surface area is 173 Å². The quantitative estimate of drug-likeness (QED) is 0.530. The number of sulfonamides is 1. The summed E-state index contributed by atoms with van der Waals surface area (Å²) in [6, 6.07) is 4.74. The number of rotatable bonds is 8. The molecule has 11 heteroatoms. The molecule has 3 aromatic rings. The molecule has 4 rings (SSSR count). The van der Waals surface area contributed by atoms with Crippen LogP contribution in [-0.4, -0.2) is 59.2 Å². The van der Waals surface area contributed by atoms with Gasteiger partial charge in [0.2, 0.25) is 10.0 Å². The monoisotopic (exact) mass is 437 g/mol. The Kier molecular flexibility index (Phi) is 6.09. The fourth-order valence-electron chi connectivity index (χ4n) is 3.06. The predicted octanol–water partition coefficient (Wildman–Crippen LogP) is 1.88. The van der Waals surface area contributed by atoms with Gasteiger partial charge in [0.25, 0.3) is 0 Å². The van der Waals surface area contributed by atoms with Gasteiger partial charge in [-0.2, -0.15) is 4.31 Å². The Bertz CT molecular complexity index is 1070. The molecule has 0 bridgehead atoms. The number of hydrogen-bond acceptors (Lipinski definition) is 8. The lowest BCUT2D eigenvalue weighted by Crippen LogP contribution is -2.40. The maximum atomic E-state index is 12.9. The van der Waals surface area contributed by atoms with E-state index in [1.54, 1.807) is 29.5 Å². The van der Waals surface area contributed by atoms with Gasteiger partial charge in [-0.3, -0.25) is 0 Å². The first-order valence-electron chi connectivity index (χ1n) is 9.58. The molecule has 1 aromatic carbocycles. The van der Waals surface area contributed by atoms with Crippen molar-refractivity contribution in [3.05, 3.63) is 34.3 Å². The summed E-state index contributed by atoms with van der Waals surface area (Å²) < 4.78 is 32.5. The molecule has 29 heavy (non-hydrogen) atoms. The van der Waals surface area contributed by atoms with Gasteiger partial charge in [-0.05, 0) is 36.3 Å². The van der Waals surface area contributed by atoms with Gasteiger partial charge in [0.05, 0.1) is 28.8 Å². The second kappa shape index (κ2) is 8.74. The summed E-state index contributed by atoms with van der Waals surface area (Å²) >= 11 is 1.62. The molecule has 0 saturated carbocycles. The Morgan fingerprint density at radius 3 is 2.90 bits per heavy atom. The van der Waals surface area contributed by atoms with E-state index in [9.17, 15) is 8.42 Å². The van der Waals surface area contributed by atoms with Crippen LogP contribution in [0.2, 0.25) is 0 Å². The first kappa shape index (κ1) is 20.2.